The van der Waals surface area contributed by atoms with Gasteiger partial charge in [0.15, 0.2) is 0 Å². The first kappa shape index (κ1) is 31.2. The van der Waals surface area contributed by atoms with Crippen LogP contribution in [-0.4, -0.2) is 43.8 Å². The molecule has 0 aromatic heterocycles. The molecule has 1 aliphatic rings. The summed E-state index contributed by atoms with van der Waals surface area (Å²) in [7, 11) is -4.16. The molecule has 11 heteroatoms. The molecule has 1 N–H and O–H groups in total. The molecule has 7 nitrogen and oxygen atoms in total. The minimum absolute atomic E-state index is 0.0218. The monoisotopic (exact) mass is 635 g/mol. The van der Waals surface area contributed by atoms with Crippen LogP contribution in [0.2, 0.25) is 15.1 Å². The van der Waals surface area contributed by atoms with Gasteiger partial charge in [0, 0.05) is 17.6 Å². The van der Waals surface area contributed by atoms with Gasteiger partial charge >= 0.3 is 0 Å². The number of hydrogen-bond donors (Lipinski definition) is 1. The lowest BCUT2D eigenvalue weighted by atomic mass is 10.1. The molecule has 1 fully saturated rings. The highest BCUT2D eigenvalue weighted by Gasteiger charge is 2.33. The first-order chi connectivity index (χ1) is 19.5. The number of hydrogen-bond acceptors (Lipinski definition) is 4. The third-order valence-electron chi connectivity index (χ3n) is 7.21. The summed E-state index contributed by atoms with van der Waals surface area (Å²) in [5.41, 5.74) is 1.81. The summed E-state index contributed by atoms with van der Waals surface area (Å²) in [5, 5.41) is 4.14. The van der Waals surface area contributed by atoms with Crippen LogP contribution < -0.4 is 9.62 Å². The fourth-order valence-corrected chi connectivity index (χ4v) is 6.64. The average molecular weight is 637 g/mol. The molecule has 4 rings (SSSR count). The zero-order valence-corrected chi connectivity index (χ0v) is 25.9. The lowest BCUT2D eigenvalue weighted by Crippen LogP contribution is -2.52. The van der Waals surface area contributed by atoms with E-state index in [1.807, 2.05) is 6.92 Å². The van der Waals surface area contributed by atoms with Gasteiger partial charge in [-0.3, -0.25) is 13.9 Å². The van der Waals surface area contributed by atoms with Gasteiger partial charge in [0.1, 0.15) is 12.6 Å². The van der Waals surface area contributed by atoms with Gasteiger partial charge in [-0.2, -0.15) is 0 Å². The minimum Gasteiger partial charge on any atom is -0.352 e. The van der Waals surface area contributed by atoms with Crippen molar-refractivity contribution in [3.05, 3.63) is 92.9 Å². The molecule has 2 amide bonds. The predicted molar refractivity (Wildman–Crippen MR) is 164 cm³/mol. The molecule has 0 aliphatic heterocycles. The zero-order chi connectivity index (χ0) is 29.7. The van der Waals surface area contributed by atoms with Crippen LogP contribution in [0.5, 0.6) is 0 Å². The molecule has 41 heavy (non-hydrogen) atoms. The Bertz CT molecular complexity index is 1490. The van der Waals surface area contributed by atoms with Crippen LogP contribution in [0.3, 0.4) is 0 Å². The number of benzene rings is 3. The molecule has 218 valence electrons. The third-order valence-corrected chi connectivity index (χ3v) is 9.99. The Balaban J connectivity index is 1.69. The van der Waals surface area contributed by atoms with Gasteiger partial charge in [-0.25, -0.2) is 8.42 Å². The fourth-order valence-electron chi connectivity index (χ4n) is 4.78. The van der Waals surface area contributed by atoms with Crippen molar-refractivity contribution in [2.45, 2.75) is 63.1 Å². The maximum atomic E-state index is 14.0. The molecular formula is C30H32Cl3N3O4S. The van der Waals surface area contributed by atoms with Gasteiger partial charge in [-0.05, 0) is 80.8 Å². The minimum atomic E-state index is -4.16. The van der Waals surface area contributed by atoms with Gasteiger partial charge in [0.2, 0.25) is 11.8 Å². The van der Waals surface area contributed by atoms with Crippen LogP contribution in [0.15, 0.2) is 71.6 Å². The Morgan fingerprint density at radius 3 is 2.17 bits per heavy atom. The number of nitrogens with one attached hydrogen (secondary N) is 1. The Labute approximate surface area is 256 Å². The van der Waals surface area contributed by atoms with Crippen LogP contribution in [-0.2, 0) is 26.2 Å². The van der Waals surface area contributed by atoms with Gasteiger partial charge in [-0.1, -0.05) is 71.4 Å². The third kappa shape index (κ3) is 7.74. The summed E-state index contributed by atoms with van der Waals surface area (Å²) in [6.07, 6.45) is 3.85. The van der Waals surface area contributed by atoms with E-state index in [1.54, 1.807) is 61.5 Å². The predicted octanol–water partition coefficient (Wildman–Crippen LogP) is 6.63. The molecule has 0 radical (unpaired) electrons. The van der Waals surface area contributed by atoms with Crippen LogP contribution in [0.25, 0.3) is 0 Å². The smallest absolute Gasteiger partial charge is 0.264 e. The summed E-state index contributed by atoms with van der Waals surface area (Å²) < 4.78 is 28.8. The van der Waals surface area contributed by atoms with Crippen molar-refractivity contribution in [2.75, 3.05) is 10.8 Å². The number of halogens is 3. The highest BCUT2D eigenvalue weighted by Crippen LogP contribution is 2.28. The summed E-state index contributed by atoms with van der Waals surface area (Å²) >= 11 is 18.4. The highest BCUT2D eigenvalue weighted by atomic mass is 35.5. The number of carbonyl (C=O) groups is 2. The number of rotatable bonds is 10. The van der Waals surface area contributed by atoms with Gasteiger partial charge in [0.25, 0.3) is 10.0 Å². The Morgan fingerprint density at radius 2 is 1.56 bits per heavy atom. The standard InChI is InChI=1S/C30H32Cl3N3O4S/c1-20-7-14-26(15-8-20)41(39,40)36(25-12-10-23(31)11-13-25)19-29(37)35(18-22-9-16-27(32)28(33)17-22)21(2)30(38)34-24-5-3-4-6-24/h7-17,21,24H,3-6,18-19H2,1-2H3,(H,34,38). The van der Waals surface area contributed by atoms with E-state index in [0.717, 1.165) is 35.6 Å². The van der Waals surface area contributed by atoms with E-state index in [4.69, 9.17) is 34.8 Å². The summed E-state index contributed by atoms with van der Waals surface area (Å²) in [4.78, 5) is 28.7. The molecule has 0 bridgehead atoms. The Morgan fingerprint density at radius 1 is 0.927 bits per heavy atom. The van der Waals surface area contributed by atoms with Crippen molar-refractivity contribution < 1.29 is 18.0 Å². The van der Waals surface area contributed by atoms with Crippen molar-refractivity contribution in [3.63, 3.8) is 0 Å². The molecule has 0 saturated heterocycles. The molecule has 1 saturated carbocycles. The second-order valence-corrected chi connectivity index (χ2v) is 13.4. The number of nitrogens with zero attached hydrogens (tertiary/aromatic N) is 2. The van der Waals surface area contributed by atoms with Crippen LogP contribution in [0.1, 0.15) is 43.7 Å². The Kier molecular flexibility index (Phi) is 10.2. The topological polar surface area (TPSA) is 86.8 Å². The number of anilines is 1. The summed E-state index contributed by atoms with van der Waals surface area (Å²) in [5.74, 6) is -0.861. The SMILES string of the molecule is Cc1ccc(S(=O)(=O)N(CC(=O)N(Cc2ccc(Cl)c(Cl)c2)C(C)C(=O)NC2CCCC2)c2ccc(Cl)cc2)cc1. The second kappa shape index (κ2) is 13.5. The summed E-state index contributed by atoms with van der Waals surface area (Å²) in [6, 6.07) is 16.7. The molecule has 1 atom stereocenters. The average Bonchev–Trinajstić information content (AvgIpc) is 3.45. The number of sulfonamides is 1. The molecule has 3 aromatic carbocycles. The lowest BCUT2D eigenvalue weighted by Gasteiger charge is -2.32. The Hall–Kier alpha value is -2.78. The fraction of sp³-hybridized carbons (Fsp3) is 0.333. The van der Waals surface area contributed by atoms with Crippen molar-refractivity contribution in [1.29, 1.82) is 0 Å². The first-order valence-corrected chi connectivity index (χ1v) is 15.9. The normalized spacial score (nSPS) is 14.5. The molecule has 3 aromatic rings. The quantitative estimate of drug-likeness (QED) is 0.271. The number of aryl methyl sites for hydroxylation is 1. The highest BCUT2D eigenvalue weighted by molar-refractivity contribution is 7.92. The number of carbonyl (C=O) groups excluding carboxylic acids is 2. The largest absolute Gasteiger partial charge is 0.352 e. The van der Waals surface area contributed by atoms with Gasteiger partial charge in [-0.15, -0.1) is 0 Å². The van der Waals surface area contributed by atoms with E-state index in [2.05, 4.69) is 5.32 Å². The van der Waals surface area contributed by atoms with Gasteiger partial charge < -0.3 is 10.2 Å². The maximum Gasteiger partial charge on any atom is 0.264 e. The van der Waals surface area contributed by atoms with E-state index in [-0.39, 0.29) is 29.1 Å². The van der Waals surface area contributed by atoms with Crippen molar-refractivity contribution in [3.8, 4) is 0 Å². The van der Waals surface area contributed by atoms with Crippen LogP contribution in [0.4, 0.5) is 5.69 Å². The zero-order valence-electron chi connectivity index (χ0n) is 22.8. The van der Waals surface area contributed by atoms with E-state index < -0.39 is 28.5 Å². The van der Waals surface area contributed by atoms with Crippen LogP contribution >= 0.6 is 34.8 Å². The summed E-state index contributed by atoms with van der Waals surface area (Å²) in [6.45, 7) is 2.98. The molecule has 0 heterocycles. The van der Waals surface area contributed by atoms with Crippen molar-refractivity contribution in [1.82, 2.24) is 10.2 Å². The van der Waals surface area contributed by atoms with E-state index in [1.165, 1.54) is 17.0 Å². The second-order valence-electron chi connectivity index (χ2n) is 10.2. The maximum absolute atomic E-state index is 14.0. The molecule has 1 aliphatic carbocycles. The van der Waals surface area contributed by atoms with E-state index in [0.29, 0.717) is 20.6 Å². The molecule has 0 spiro atoms. The first-order valence-electron chi connectivity index (χ1n) is 13.3. The van der Waals surface area contributed by atoms with Crippen molar-refractivity contribution in [2.24, 2.45) is 0 Å². The van der Waals surface area contributed by atoms with E-state index in [9.17, 15) is 18.0 Å². The molecular weight excluding hydrogens is 605 g/mol. The number of amides is 2. The molecule has 1 unspecified atom stereocenters. The van der Waals surface area contributed by atoms with Crippen LogP contribution in [0, 0.1) is 6.92 Å². The van der Waals surface area contributed by atoms with Crippen molar-refractivity contribution >= 4 is 62.3 Å². The van der Waals surface area contributed by atoms with E-state index >= 15 is 0 Å². The van der Waals surface area contributed by atoms with Gasteiger partial charge in [0.05, 0.1) is 20.6 Å². The lowest BCUT2D eigenvalue weighted by molar-refractivity contribution is -0.139.